The summed E-state index contributed by atoms with van der Waals surface area (Å²) >= 11 is 15.5. The molecular formula is C13H15BrCl2N2O. The van der Waals surface area contributed by atoms with Gasteiger partial charge >= 0.3 is 0 Å². The second-order valence-corrected chi connectivity index (χ2v) is 6.65. The lowest BCUT2D eigenvalue weighted by molar-refractivity contribution is -0.122. The third-order valence-electron chi connectivity index (χ3n) is 3.44. The van der Waals surface area contributed by atoms with Gasteiger partial charge in [-0.1, -0.05) is 58.4 Å². The first-order valence-electron chi connectivity index (χ1n) is 6.17. The molecule has 0 saturated heterocycles. The highest BCUT2D eigenvalue weighted by atomic mass is 79.9. The van der Waals surface area contributed by atoms with Crippen LogP contribution in [0.1, 0.15) is 32.1 Å². The van der Waals surface area contributed by atoms with Crippen LogP contribution in [0.4, 0.5) is 5.69 Å². The summed E-state index contributed by atoms with van der Waals surface area (Å²) < 4.78 is 0.764. The van der Waals surface area contributed by atoms with E-state index in [1.165, 1.54) is 0 Å². The predicted octanol–water partition coefficient (Wildman–Crippen LogP) is 4.36. The second-order valence-electron chi connectivity index (χ2n) is 4.92. The first-order valence-corrected chi connectivity index (χ1v) is 7.72. The fourth-order valence-electron chi connectivity index (χ4n) is 2.31. The summed E-state index contributed by atoms with van der Waals surface area (Å²) in [7, 11) is 0. The minimum absolute atomic E-state index is 0.210. The topological polar surface area (TPSA) is 55.1 Å². The fourth-order valence-corrected chi connectivity index (χ4v) is 3.61. The van der Waals surface area contributed by atoms with Crippen LogP contribution in [0.2, 0.25) is 10.0 Å². The molecule has 19 heavy (non-hydrogen) atoms. The largest absolute Gasteiger partial charge is 0.322 e. The molecule has 0 atom stereocenters. The van der Waals surface area contributed by atoms with Crippen molar-refractivity contribution in [3.63, 3.8) is 0 Å². The average molecular weight is 366 g/mol. The molecule has 104 valence electrons. The highest BCUT2D eigenvalue weighted by molar-refractivity contribution is 9.10. The smallest absolute Gasteiger partial charge is 0.244 e. The molecule has 0 bridgehead atoms. The lowest BCUT2D eigenvalue weighted by Gasteiger charge is -2.32. The molecule has 3 nitrogen and oxygen atoms in total. The van der Waals surface area contributed by atoms with Crippen LogP contribution in [-0.2, 0) is 4.79 Å². The summed E-state index contributed by atoms with van der Waals surface area (Å²) in [6, 6.07) is 3.38. The Morgan fingerprint density at radius 2 is 1.74 bits per heavy atom. The Morgan fingerprint density at radius 1 is 1.21 bits per heavy atom. The minimum Gasteiger partial charge on any atom is -0.322 e. The zero-order valence-corrected chi connectivity index (χ0v) is 13.4. The van der Waals surface area contributed by atoms with E-state index in [-0.39, 0.29) is 5.91 Å². The maximum absolute atomic E-state index is 12.3. The van der Waals surface area contributed by atoms with Crippen molar-refractivity contribution in [2.45, 2.75) is 37.6 Å². The molecule has 0 aliphatic heterocycles. The van der Waals surface area contributed by atoms with Crippen LogP contribution >= 0.6 is 39.1 Å². The summed E-state index contributed by atoms with van der Waals surface area (Å²) in [6.45, 7) is 0. The Labute approximate surface area is 131 Å². The van der Waals surface area contributed by atoms with Crippen LogP contribution in [0.15, 0.2) is 16.6 Å². The molecule has 1 fully saturated rings. The van der Waals surface area contributed by atoms with Gasteiger partial charge in [0.1, 0.15) is 0 Å². The molecule has 1 aliphatic carbocycles. The number of nitrogens with one attached hydrogen (secondary N) is 1. The van der Waals surface area contributed by atoms with Crippen molar-refractivity contribution in [2.24, 2.45) is 5.73 Å². The van der Waals surface area contributed by atoms with Crippen molar-refractivity contribution < 1.29 is 4.79 Å². The van der Waals surface area contributed by atoms with Gasteiger partial charge in [0.05, 0.1) is 21.3 Å². The molecule has 6 heteroatoms. The number of anilines is 1. The Morgan fingerprint density at radius 3 is 2.26 bits per heavy atom. The molecule has 1 aromatic rings. The number of benzene rings is 1. The van der Waals surface area contributed by atoms with Crippen molar-refractivity contribution in [3.8, 4) is 0 Å². The Bertz CT molecular complexity index is 478. The maximum Gasteiger partial charge on any atom is 0.244 e. The van der Waals surface area contributed by atoms with E-state index in [1.54, 1.807) is 12.1 Å². The highest BCUT2D eigenvalue weighted by Crippen LogP contribution is 2.35. The molecule has 1 saturated carbocycles. The van der Waals surface area contributed by atoms with E-state index in [0.29, 0.717) is 28.6 Å². The highest BCUT2D eigenvalue weighted by Gasteiger charge is 2.35. The fraction of sp³-hybridized carbons (Fsp3) is 0.462. The van der Waals surface area contributed by atoms with Gasteiger partial charge in [0.25, 0.3) is 0 Å². The predicted molar refractivity (Wildman–Crippen MR) is 82.8 cm³/mol. The van der Waals surface area contributed by atoms with E-state index in [1.807, 2.05) is 0 Å². The Kier molecular flexibility index (Phi) is 4.77. The molecule has 2 rings (SSSR count). The number of carbonyl (C=O) groups excluding carboxylic acids is 1. The molecule has 0 spiro atoms. The van der Waals surface area contributed by atoms with E-state index in [4.69, 9.17) is 28.9 Å². The number of halogens is 3. The van der Waals surface area contributed by atoms with Gasteiger partial charge in [0.2, 0.25) is 5.91 Å². The number of rotatable bonds is 2. The Balaban J connectivity index is 2.19. The summed E-state index contributed by atoms with van der Waals surface area (Å²) in [5.74, 6) is -0.210. The summed E-state index contributed by atoms with van der Waals surface area (Å²) in [4.78, 5) is 12.3. The van der Waals surface area contributed by atoms with E-state index >= 15 is 0 Å². The van der Waals surface area contributed by atoms with Gasteiger partial charge in [-0.2, -0.15) is 0 Å². The first kappa shape index (κ1) is 15.1. The van der Waals surface area contributed by atoms with Gasteiger partial charge in [-0.3, -0.25) is 4.79 Å². The van der Waals surface area contributed by atoms with E-state index in [0.717, 1.165) is 23.7 Å². The summed E-state index contributed by atoms with van der Waals surface area (Å²) in [6.07, 6.45) is 4.48. The zero-order chi connectivity index (χ0) is 14.0. The van der Waals surface area contributed by atoms with E-state index in [2.05, 4.69) is 21.2 Å². The first-order chi connectivity index (χ1) is 8.92. The number of hydrogen-bond donors (Lipinski definition) is 2. The van der Waals surface area contributed by atoms with Crippen LogP contribution in [0.25, 0.3) is 0 Å². The second kappa shape index (κ2) is 6.00. The van der Waals surface area contributed by atoms with Gasteiger partial charge in [-0.25, -0.2) is 0 Å². The van der Waals surface area contributed by atoms with Crippen molar-refractivity contribution in [2.75, 3.05) is 5.32 Å². The molecule has 1 aromatic carbocycles. The molecule has 0 unspecified atom stereocenters. The van der Waals surface area contributed by atoms with Crippen LogP contribution in [-0.4, -0.2) is 11.4 Å². The molecule has 1 amide bonds. The van der Waals surface area contributed by atoms with Gasteiger partial charge < -0.3 is 11.1 Å². The van der Waals surface area contributed by atoms with Crippen LogP contribution in [0.3, 0.4) is 0 Å². The van der Waals surface area contributed by atoms with Crippen LogP contribution in [0.5, 0.6) is 0 Å². The SMILES string of the molecule is NC1(C(=O)Nc2c(Cl)cc(Br)cc2Cl)CCCCC1. The van der Waals surface area contributed by atoms with E-state index in [9.17, 15) is 4.79 Å². The molecule has 1 aliphatic rings. The minimum atomic E-state index is -0.808. The molecule has 3 N–H and O–H groups in total. The van der Waals surface area contributed by atoms with Crippen molar-refractivity contribution >= 4 is 50.7 Å². The number of nitrogens with two attached hydrogens (primary N) is 1. The zero-order valence-electron chi connectivity index (χ0n) is 10.3. The summed E-state index contributed by atoms with van der Waals surface area (Å²) in [5, 5.41) is 3.56. The van der Waals surface area contributed by atoms with Gasteiger partial charge in [-0.05, 0) is 25.0 Å². The standard InChI is InChI=1S/C13H15BrCl2N2O/c14-8-6-9(15)11(10(16)7-8)18-12(19)13(17)4-2-1-3-5-13/h6-7H,1-5,17H2,(H,18,19). The van der Waals surface area contributed by atoms with Gasteiger partial charge in [0, 0.05) is 4.47 Å². The third kappa shape index (κ3) is 3.43. The van der Waals surface area contributed by atoms with Gasteiger partial charge in [-0.15, -0.1) is 0 Å². The lowest BCUT2D eigenvalue weighted by atomic mass is 9.82. The van der Waals surface area contributed by atoms with Gasteiger partial charge in [0.15, 0.2) is 0 Å². The van der Waals surface area contributed by atoms with Crippen molar-refractivity contribution in [3.05, 3.63) is 26.7 Å². The maximum atomic E-state index is 12.3. The number of hydrogen-bond acceptors (Lipinski definition) is 2. The van der Waals surface area contributed by atoms with Crippen molar-refractivity contribution in [1.82, 2.24) is 0 Å². The third-order valence-corrected chi connectivity index (χ3v) is 4.50. The number of amides is 1. The molecular weight excluding hydrogens is 351 g/mol. The monoisotopic (exact) mass is 364 g/mol. The van der Waals surface area contributed by atoms with Crippen LogP contribution in [0, 0.1) is 0 Å². The lowest BCUT2D eigenvalue weighted by Crippen LogP contribution is -2.52. The Hall–Kier alpha value is -0.290. The molecule has 0 radical (unpaired) electrons. The quantitative estimate of drug-likeness (QED) is 0.818. The average Bonchev–Trinajstić information content (AvgIpc) is 2.34. The molecule has 0 heterocycles. The van der Waals surface area contributed by atoms with E-state index < -0.39 is 5.54 Å². The van der Waals surface area contributed by atoms with Crippen LogP contribution < -0.4 is 11.1 Å². The normalized spacial score (nSPS) is 18.1. The van der Waals surface area contributed by atoms with Crippen molar-refractivity contribution in [1.29, 1.82) is 0 Å². The summed E-state index contributed by atoms with van der Waals surface area (Å²) in [5.41, 5.74) is 5.79. The molecule has 0 aromatic heterocycles. The number of carbonyl (C=O) groups is 1.